The van der Waals surface area contributed by atoms with Crippen molar-refractivity contribution in [2.24, 2.45) is 12.9 Å². The highest BCUT2D eigenvalue weighted by atomic mass is 35.5. The average Bonchev–Trinajstić information content (AvgIpc) is 2.79. The molecule has 0 aliphatic heterocycles. The van der Waals surface area contributed by atoms with Gasteiger partial charge in [0.25, 0.3) is 0 Å². The van der Waals surface area contributed by atoms with E-state index in [0.29, 0.717) is 0 Å². The molecule has 1 aromatic carbocycles. The van der Waals surface area contributed by atoms with Crippen LogP contribution in [0.1, 0.15) is 11.6 Å². The number of aryl methyl sites for hydroxylation is 1. The van der Waals surface area contributed by atoms with E-state index >= 15 is 0 Å². The van der Waals surface area contributed by atoms with E-state index in [9.17, 15) is 0 Å². The molecule has 0 fully saturated rings. The number of hydrogen-bond donors (Lipinski definition) is 2. The maximum Gasteiger partial charge on any atom is 0.0584 e. The summed E-state index contributed by atoms with van der Waals surface area (Å²) in [6.07, 6.45) is 3.77. The fraction of sp³-hybridized carbons (Fsp3) is 0.250. The Hall–Kier alpha value is -1.01. The minimum absolute atomic E-state index is 0.0555. The Bertz CT molecular complexity index is 514. The third-order valence-corrected chi connectivity index (χ3v) is 4.18. The number of rotatable bonds is 5. The number of nitrogens with one attached hydrogen (secondary N) is 1. The van der Waals surface area contributed by atoms with Gasteiger partial charge in [0.05, 0.1) is 17.3 Å². The average molecular weight is 283 g/mol. The Kier molecular flexibility index (Phi) is 4.66. The van der Waals surface area contributed by atoms with Gasteiger partial charge in [-0.1, -0.05) is 23.7 Å². The van der Waals surface area contributed by atoms with Crippen molar-refractivity contribution >= 4 is 23.4 Å². The minimum atomic E-state index is 0.0555. The third-order valence-electron chi connectivity index (χ3n) is 2.57. The molecule has 0 aliphatic rings. The molecule has 0 bridgehead atoms. The summed E-state index contributed by atoms with van der Waals surface area (Å²) in [5.41, 5.74) is 3.87. The van der Waals surface area contributed by atoms with Gasteiger partial charge in [-0.2, -0.15) is 5.10 Å². The van der Waals surface area contributed by atoms with E-state index in [2.05, 4.69) is 10.5 Å². The molecule has 1 heterocycles. The molecule has 1 atom stereocenters. The van der Waals surface area contributed by atoms with Crippen molar-refractivity contribution in [3.8, 4) is 0 Å². The van der Waals surface area contributed by atoms with Crippen molar-refractivity contribution < 1.29 is 0 Å². The Balaban J connectivity index is 2.02. The van der Waals surface area contributed by atoms with Crippen LogP contribution < -0.4 is 11.3 Å². The lowest BCUT2D eigenvalue weighted by atomic mass is 10.2. The van der Waals surface area contributed by atoms with Crippen LogP contribution in [-0.4, -0.2) is 15.5 Å². The van der Waals surface area contributed by atoms with E-state index in [4.69, 9.17) is 17.4 Å². The summed E-state index contributed by atoms with van der Waals surface area (Å²) in [7, 11) is 1.89. The van der Waals surface area contributed by atoms with E-state index in [1.165, 1.54) is 0 Å². The zero-order valence-corrected chi connectivity index (χ0v) is 11.6. The van der Waals surface area contributed by atoms with Crippen LogP contribution in [0.4, 0.5) is 0 Å². The smallest absolute Gasteiger partial charge is 0.0584 e. The number of benzene rings is 1. The van der Waals surface area contributed by atoms with Crippen molar-refractivity contribution in [3.05, 3.63) is 47.2 Å². The fourth-order valence-corrected chi connectivity index (χ4v) is 2.91. The lowest BCUT2D eigenvalue weighted by Crippen LogP contribution is -2.29. The molecule has 18 heavy (non-hydrogen) atoms. The number of thioether (sulfide) groups is 1. The Morgan fingerprint density at radius 3 is 2.89 bits per heavy atom. The van der Waals surface area contributed by atoms with Gasteiger partial charge < -0.3 is 0 Å². The van der Waals surface area contributed by atoms with Gasteiger partial charge in [-0.3, -0.25) is 16.0 Å². The molecule has 0 saturated carbocycles. The second-order valence-electron chi connectivity index (χ2n) is 3.91. The molecule has 96 valence electrons. The summed E-state index contributed by atoms with van der Waals surface area (Å²) < 4.78 is 1.76. The molecule has 4 nitrogen and oxygen atoms in total. The van der Waals surface area contributed by atoms with E-state index in [0.717, 1.165) is 21.2 Å². The molecule has 0 spiro atoms. The number of halogens is 1. The Labute approximate surface area is 115 Å². The summed E-state index contributed by atoms with van der Waals surface area (Å²) in [5.74, 6) is 6.38. The quantitative estimate of drug-likeness (QED) is 0.502. The summed E-state index contributed by atoms with van der Waals surface area (Å²) in [4.78, 5) is 1.06. The van der Waals surface area contributed by atoms with Crippen LogP contribution in [0.3, 0.4) is 0 Å². The molecule has 1 unspecified atom stereocenters. The number of hydrazine groups is 1. The van der Waals surface area contributed by atoms with Crippen LogP contribution >= 0.6 is 23.4 Å². The van der Waals surface area contributed by atoms with Gasteiger partial charge in [0.1, 0.15) is 0 Å². The van der Waals surface area contributed by atoms with E-state index in [1.54, 1.807) is 16.4 Å². The van der Waals surface area contributed by atoms with Crippen LogP contribution in [0.5, 0.6) is 0 Å². The Morgan fingerprint density at radius 2 is 2.28 bits per heavy atom. The number of nitrogens with zero attached hydrogens (tertiary/aromatic N) is 2. The van der Waals surface area contributed by atoms with Gasteiger partial charge in [0, 0.05) is 29.5 Å². The lowest BCUT2D eigenvalue weighted by Gasteiger charge is -2.14. The maximum atomic E-state index is 6.11. The van der Waals surface area contributed by atoms with E-state index in [-0.39, 0.29) is 6.04 Å². The van der Waals surface area contributed by atoms with Crippen LogP contribution in [0, 0.1) is 0 Å². The molecule has 3 N–H and O–H groups in total. The second kappa shape index (κ2) is 6.24. The van der Waals surface area contributed by atoms with Crippen molar-refractivity contribution in [3.63, 3.8) is 0 Å². The highest BCUT2D eigenvalue weighted by molar-refractivity contribution is 7.99. The first-order valence-corrected chi connectivity index (χ1v) is 6.89. The van der Waals surface area contributed by atoms with Gasteiger partial charge >= 0.3 is 0 Å². The van der Waals surface area contributed by atoms with Crippen LogP contribution in [0.25, 0.3) is 0 Å². The Morgan fingerprint density at radius 1 is 1.50 bits per heavy atom. The molecular weight excluding hydrogens is 268 g/mol. The van der Waals surface area contributed by atoms with Crippen LogP contribution in [-0.2, 0) is 7.05 Å². The molecule has 2 aromatic rings. The van der Waals surface area contributed by atoms with Crippen LogP contribution in [0.15, 0.2) is 41.6 Å². The van der Waals surface area contributed by atoms with Crippen molar-refractivity contribution in [2.45, 2.75) is 10.9 Å². The highest BCUT2D eigenvalue weighted by Gasteiger charge is 2.12. The number of aromatic nitrogens is 2. The number of hydrogen-bond acceptors (Lipinski definition) is 4. The summed E-state index contributed by atoms with van der Waals surface area (Å²) in [6, 6.07) is 7.85. The van der Waals surface area contributed by atoms with Gasteiger partial charge in [0.2, 0.25) is 0 Å². The molecule has 0 radical (unpaired) electrons. The van der Waals surface area contributed by atoms with Gasteiger partial charge in [-0.25, -0.2) is 0 Å². The SMILES string of the molecule is Cn1cc(C(CSc2ccccc2Cl)NN)cn1. The van der Waals surface area contributed by atoms with Crippen molar-refractivity contribution in [2.75, 3.05) is 5.75 Å². The molecule has 2 rings (SSSR count). The first-order valence-electron chi connectivity index (χ1n) is 5.52. The van der Waals surface area contributed by atoms with Crippen molar-refractivity contribution in [1.29, 1.82) is 0 Å². The van der Waals surface area contributed by atoms with Gasteiger partial charge in [0.15, 0.2) is 0 Å². The summed E-state index contributed by atoms with van der Waals surface area (Å²) in [6.45, 7) is 0. The molecule has 1 aromatic heterocycles. The van der Waals surface area contributed by atoms with E-state index in [1.807, 2.05) is 43.7 Å². The maximum absolute atomic E-state index is 6.11. The van der Waals surface area contributed by atoms with Gasteiger partial charge in [-0.05, 0) is 12.1 Å². The van der Waals surface area contributed by atoms with Crippen molar-refractivity contribution in [1.82, 2.24) is 15.2 Å². The highest BCUT2D eigenvalue weighted by Crippen LogP contribution is 2.29. The second-order valence-corrected chi connectivity index (χ2v) is 5.38. The molecular formula is C12H15ClN4S. The summed E-state index contributed by atoms with van der Waals surface area (Å²) >= 11 is 7.78. The number of nitrogens with two attached hydrogens (primary N) is 1. The zero-order chi connectivity index (χ0) is 13.0. The normalized spacial score (nSPS) is 12.6. The first-order chi connectivity index (χ1) is 8.70. The lowest BCUT2D eigenvalue weighted by molar-refractivity contribution is 0.610. The first kappa shape index (κ1) is 13.4. The monoisotopic (exact) mass is 282 g/mol. The third kappa shape index (κ3) is 3.26. The summed E-state index contributed by atoms with van der Waals surface area (Å²) in [5, 5.41) is 4.91. The molecule has 0 aliphatic carbocycles. The van der Waals surface area contributed by atoms with Gasteiger partial charge in [-0.15, -0.1) is 11.8 Å². The largest absolute Gasteiger partial charge is 0.275 e. The predicted molar refractivity (Wildman–Crippen MR) is 75.4 cm³/mol. The standard InChI is InChI=1S/C12H15ClN4S/c1-17-7-9(6-15-17)11(16-14)8-18-12-5-3-2-4-10(12)13/h2-7,11,16H,8,14H2,1H3. The fourth-order valence-electron chi connectivity index (χ4n) is 1.60. The molecule has 0 amide bonds. The zero-order valence-electron chi connectivity index (χ0n) is 10.0. The van der Waals surface area contributed by atoms with E-state index < -0.39 is 0 Å². The minimum Gasteiger partial charge on any atom is -0.275 e. The molecule has 0 saturated heterocycles. The molecule has 6 heteroatoms. The van der Waals surface area contributed by atoms with Crippen LogP contribution in [0.2, 0.25) is 5.02 Å². The topological polar surface area (TPSA) is 55.9 Å². The predicted octanol–water partition coefficient (Wildman–Crippen LogP) is 2.37.